The standard InChI is InChI=1S/C17H23ClN2O/c18-15-6-3-7-16(10-15)19-17(21)12-20-9-8-13-4-1-2-5-14(13)11-20/h3,6-7,10,13-14H,1-2,4-5,8-9,11-12H2,(H,19,21)/t13-,14-/m1/s1. The average Bonchev–Trinajstić information content (AvgIpc) is 2.47. The second-order valence-corrected chi connectivity index (χ2v) is 6.82. The van der Waals surface area contributed by atoms with Gasteiger partial charge in [0.2, 0.25) is 5.91 Å². The Hall–Kier alpha value is -1.06. The number of carbonyl (C=O) groups is 1. The molecule has 1 aliphatic heterocycles. The lowest BCUT2D eigenvalue weighted by molar-refractivity contribution is -0.118. The Balaban J connectivity index is 1.51. The molecule has 0 bridgehead atoms. The zero-order valence-corrected chi connectivity index (χ0v) is 13.1. The van der Waals surface area contributed by atoms with E-state index in [9.17, 15) is 4.79 Å². The zero-order valence-electron chi connectivity index (χ0n) is 12.4. The fourth-order valence-corrected chi connectivity index (χ4v) is 3.98. The van der Waals surface area contributed by atoms with Crippen molar-refractivity contribution in [2.75, 3.05) is 25.0 Å². The topological polar surface area (TPSA) is 32.3 Å². The Morgan fingerprint density at radius 3 is 2.86 bits per heavy atom. The number of nitrogens with one attached hydrogen (secondary N) is 1. The molecule has 2 fully saturated rings. The summed E-state index contributed by atoms with van der Waals surface area (Å²) < 4.78 is 0. The lowest BCUT2D eigenvalue weighted by atomic mass is 9.75. The molecule has 1 N–H and O–H groups in total. The SMILES string of the molecule is O=C(CN1CC[C@H]2CCCC[C@@H]2C1)Nc1cccc(Cl)c1. The van der Waals surface area contributed by atoms with Crippen molar-refractivity contribution in [3.63, 3.8) is 0 Å². The van der Waals surface area contributed by atoms with E-state index in [1.165, 1.54) is 32.1 Å². The Morgan fingerprint density at radius 1 is 1.24 bits per heavy atom. The van der Waals surface area contributed by atoms with Crippen molar-refractivity contribution in [3.8, 4) is 0 Å². The number of halogens is 1. The number of piperidine rings is 1. The monoisotopic (exact) mass is 306 g/mol. The lowest BCUT2D eigenvalue weighted by Crippen LogP contribution is -2.44. The number of likely N-dealkylation sites (tertiary alicyclic amines) is 1. The fourth-order valence-electron chi connectivity index (χ4n) is 3.79. The predicted molar refractivity (Wildman–Crippen MR) is 86.6 cm³/mol. The van der Waals surface area contributed by atoms with E-state index in [1.54, 1.807) is 6.07 Å². The van der Waals surface area contributed by atoms with Crippen LogP contribution < -0.4 is 5.32 Å². The molecule has 1 amide bonds. The molecule has 1 aliphatic carbocycles. The molecule has 21 heavy (non-hydrogen) atoms. The third kappa shape index (κ3) is 3.98. The van der Waals surface area contributed by atoms with Gasteiger partial charge >= 0.3 is 0 Å². The molecular formula is C17H23ClN2O. The fraction of sp³-hybridized carbons (Fsp3) is 0.588. The van der Waals surface area contributed by atoms with Crippen LogP contribution in [0.25, 0.3) is 0 Å². The number of nitrogens with zero attached hydrogens (tertiary/aromatic N) is 1. The Bertz CT molecular complexity index is 505. The molecule has 0 unspecified atom stereocenters. The van der Waals surface area contributed by atoms with Crippen LogP contribution in [0.3, 0.4) is 0 Å². The highest BCUT2D eigenvalue weighted by Crippen LogP contribution is 2.35. The van der Waals surface area contributed by atoms with Gasteiger partial charge in [0, 0.05) is 17.3 Å². The molecule has 1 saturated heterocycles. The van der Waals surface area contributed by atoms with Crippen LogP contribution in [0.1, 0.15) is 32.1 Å². The molecule has 1 aromatic rings. The summed E-state index contributed by atoms with van der Waals surface area (Å²) in [6.45, 7) is 2.65. The lowest BCUT2D eigenvalue weighted by Gasteiger charge is -2.41. The van der Waals surface area contributed by atoms with Crippen LogP contribution in [-0.4, -0.2) is 30.4 Å². The summed E-state index contributed by atoms with van der Waals surface area (Å²) in [4.78, 5) is 14.5. The van der Waals surface area contributed by atoms with Gasteiger partial charge in [-0.15, -0.1) is 0 Å². The Labute approximate surface area is 131 Å². The van der Waals surface area contributed by atoms with Crippen LogP contribution >= 0.6 is 11.6 Å². The minimum Gasteiger partial charge on any atom is -0.325 e. The van der Waals surface area contributed by atoms with E-state index in [0.29, 0.717) is 11.6 Å². The van der Waals surface area contributed by atoms with E-state index < -0.39 is 0 Å². The normalized spacial score (nSPS) is 26.1. The number of hydrogen-bond acceptors (Lipinski definition) is 2. The summed E-state index contributed by atoms with van der Waals surface area (Å²) in [5, 5.41) is 3.59. The highest BCUT2D eigenvalue weighted by atomic mass is 35.5. The number of benzene rings is 1. The van der Waals surface area contributed by atoms with E-state index in [0.717, 1.165) is 30.6 Å². The predicted octanol–water partition coefficient (Wildman–Crippen LogP) is 3.79. The zero-order chi connectivity index (χ0) is 14.7. The van der Waals surface area contributed by atoms with Crippen LogP contribution in [-0.2, 0) is 4.79 Å². The minimum absolute atomic E-state index is 0.0616. The van der Waals surface area contributed by atoms with Crippen molar-refractivity contribution in [2.24, 2.45) is 11.8 Å². The maximum atomic E-state index is 12.2. The number of fused-ring (bicyclic) bond motifs is 1. The van der Waals surface area contributed by atoms with Gasteiger partial charge in [-0.2, -0.15) is 0 Å². The van der Waals surface area contributed by atoms with Gasteiger partial charge in [-0.3, -0.25) is 9.69 Å². The first-order chi connectivity index (χ1) is 10.2. The van der Waals surface area contributed by atoms with Crippen LogP contribution in [0, 0.1) is 11.8 Å². The van der Waals surface area contributed by atoms with Gasteiger partial charge < -0.3 is 5.32 Å². The Morgan fingerprint density at radius 2 is 2.05 bits per heavy atom. The van der Waals surface area contributed by atoms with Crippen molar-refractivity contribution in [1.29, 1.82) is 0 Å². The van der Waals surface area contributed by atoms with Gasteiger partial charge in [-0.25, -0.2) is 0 Å². The molecule has 3 rings (SSSR count). The number of anilines is 1. The first kappa shape index (κ1) is 14.9. The number of amides is 1. The highest BCUT2D eigenvalue weighted by Gasteiger charge is 2.31. The number of rotatable bonds is 3. The molecule has 2 aliphatic rings. The average molecular weight is 307 g/mol. The largest absolute Gasteiger partial charge is 0.325 e. The maximum Gasteiger partial charge on any atom is 0.238 e. The molecule has 4 heteroatoms. The van der Waals surface area contributed by atoms with Crippen molar-refractivity contribution in [1.82, 2.24) is 4.90 Å². The quantitative estimate of drug-likeness (QED) is 0.921. The summed E-state index contributed by atoms with van der Waals surface area (Å²) in [6, 6.07) is 7.32. The molecule has 114 valence electrons. The highest BCUT2D eigenvalue weighted by molar-refractivity contribution is 6.30. The van der Waals surface area contributed by atoms with E-state index in [4.69, 9.17) is 11.6 Å². The molecule has 3 nitrogen and oxygen atoms in total. The summed E-state index contributed by atoms with van der Waals surface area (Å²) in [5.74, 6) is 1.78. The molecule has 1 aromatic carbocycles. The van der Waals surface area contributed by atoms with Crippen LogP contribution in [0.2, 0.25) is 5.02 Å². The summed E-state index contributed by atoms with van der Waals surface area (Å²) >= 11 is 5.93. The van der Waals surface area contributed by atoms with Crippen molar-refractivity contribution in [3.05, 3.63) is 29.3 Å². The number of carbonyl (C=O) groups excluding carboxylic acids is 1. The second kappa shape index (κ2) is 6.80. The van der Waals surface area contributed by atoms with Crippen molar-refractivity contribution < 1.29 is 4.79 Å². The summed E-state index contributed by atoms with van der Waals surface area (Å²) in [7, 11) is 0. The smallest absolute Gasteiger partial charge is 0.238 e. The molecule has 0 radical (unpaired) electrons. The molecule has 1 heterocycles. The first-order valence-corrected chi connectivity index (χ1v) is 8.36. The molecular weight excluding hydrogens is 284 g/mol. The van der Waals surface area contributed by atoms with Gasteiger partial charge in [-0.05, 0) is 49.4 Å². The van der Waals surface area contributed by atoms with E-state index in [2.05, 4.69) is 10.2 Å². The van der Waals surface area contributed by atoms with Gasteiger partial charge in [0.05, 0.1) is 6.54 Å². The second-order valence-electron chi connectivity index (χ2n) is 6.39. The van der Waals surface area contributed by atoms with Crippen LogP contribution in [0.15, 0.2) is 24.3 Å². The van der Waals surface area contributed by atoms with Gasteiger partial charge in [0.15, 0.2) is 0 Å². The minimum atomic E-state index is 0.0616. The molecule has 2 atom stereocenters. The third-order valence-electron chi connectivity index (χ3n) is 4.85. The molecule has 0 aromatic heterocycles. The molecule has 0 spiro atoms. The Kier molecular flexibility index (Phi) is 4.81. The van der Waals surface area contributed by atoms with Gasteiger partial charge in [0.1, 0.15) is 0 Å². The number of hydrogen-bond donors (Lipinski definition) is 1. The first-order valence-electron chi connectivity index (χ1n) is 7.98. The van der Waals surface area contributed by atoms with Crippen molar-refractivity contribution in [2.45, 2.75) is 32.1 Å². The summed E-state index contributed by atoms with van der Waals surface area (Å²) in [6.07, 6.45) is 6.76. The van der Waals surface area contributed by atoms with Crippen LogP contribution in [0.5, 0.6) is 0 Å². The molecule has 1 saturated carbocycles. The van der Waals surface area contributed by atoms with Gasteiger partial charge in [0.25, 0.3) is 0 Å². The van der Waals surface area contributed by atoms with Gasteiger partial charge in [-0.1, -0.05) is 36.9 Å². The van der Waals surface area contributed by atoms with Crippen molar-refractivity contribution >= 4 is 23.2 Å². The van der Waals surface area contributed by atoms with Crippen LogP contribution in [0.4, 0.5) is 5.69 Å². The summed E-state index contributed by atoms with van der Waals surface area (Å²) in [5.41, 5.74) is 0.778. The third-order valence-corrected chi connectivity index (χ3v) is 5.09. The maximum absolute atomic E-state index is 12.2. The van der Waals surface area contributed by atoms with E-state index >= 15 is 0 Å². The van der Waals surface area contributed by atoms with E-state index in [-0.39, 0.29) is 5.91 Å². The van der Waals surface area contributed by atoms with E-state index in [1.807, 2.05) is 18.2 Å².